The second-order valence-corrected chi connectivity index (χ2v) is 6.43. The summed E-state index contributed by atoms with van der Waals surface area (Å²) in [6, 6.07) is 0.701. The molecule has 0 saturated heterocycles. The van der Waals surface area contributed by atoms with Crippen LogP contribution in [0.5, 0.6) is 0 Å². The van der Waals surface area contributed by atoms with Gasteiger partial charge in [0, 0.05) is 0 Å². The first-order chi connectivity index (χ1) is 9.08. The molecule has 5 heteroatoms. The Hall–Kier alpha value is -0.970. The maximum absolute atomic E-state index is 4.24. The molecule has 19 heavy (non-hydrogen) atoms. The number of nitrogens with zero attached hydrogens (tertiary/aromatic N) is 4. The van der Waals surface area contributed by atoms with Gasteiger partial charge >= 0.3 is 0 Å². The summed E-state index contributed by atoms with van der Waals surface area (Å²) >= 11 is 0. The van der Waals surface area contributed by atoms with Crippen LogP contribution in [0.4, 0.5) is 0 Å². The van der Waals surface area contributed by atoms with Gasteiger partial charge in [-0.2, -0.15) is 0 Å². The molecule has 108 valence electrons. The van der Waals surface area contributed by atoms with Crippen LogP contribution in [0, 0.1) is 11.8 Å². The molecule has 2 rings (SSSR count). The van der Waals surface area contributed by atoms with Crippen molar-refractivity contribution in [3.05, 3.63) is 5.82 Å². The SMILES string of the molecule is CC(C)CNC(C)c1nnnn1C1CCCC(C)C1. The lowest BCUT2D eigenvalue weighted by Gasteiger charge is -2.28. The highest BCUT2D eigenvalue weighted by atomic mass is 15.6. The lowest BCUT2D eigenvalue weighted by atomic mass is 9.87. The predicted octanol–water partition coefficient (Wildman–Crippen LogP) is 2.73. The molecule has 1 aromatic rings. The second-order valence-electron chi connectivity index (χ2n) is 6.43. The van der Waals surface area contributed by atoms with E-state index in [-0.39, 0.29) is 6.04 Å². The first-order valence-corrected chi connectivity index (χ1v) is 7.59. The third-order valence-corrected chi connectivity index (χ3v) is 3.99. The van der Waals surface area contributed by atoms with Gasteiger partial charge in [-0.25, -0.2) is 4.68 Å². The molecule has 1 saturated carbocycles. The van der Waals surface area contributed by atoms with E-state index in [0.717, 1.165) is 18.3 Å². The van der Waals surface area contributed by atoms with Gasteiger partial charge in [-0.05, 0) is 48.6 Å². The lowest BCUT2D eigenvalue weighted by molar-refractivity contribution is 0.254. The summed E-state index contributed by atoms with van der Waals surface area (Å²) in [7, 11) is 0. The van der Waals surface area contributed by atoms with Gasteiger partial charge in [-0.3, -0.25) is 0 Å². The van der Waals surface area contributed by atoms with E-state index in [1.54, 1.807) is 0 Å². The van der Waals surface area contributed by atoms with E-state index in [1.807, 2.05) is 0 Å². The Morgan fingerprint density at radius 3 is 2.79 bits per heavy atom. The maximum atomic E-state index is 4.24. The van der Waals surface area contributed by atoms with E-state index in [0.29, 0.717) is 12.0 Å². The van der Waals surface area contributed by atoms with Crippen molar-refractivity contribution in [3.63, 3.8) is 0 Å². The van der Waals surface area contributed by atoms with Crippen molar-refractivity contribution in [2.24, 2.45) is 11.8 Å². The van der Waals surface area contributed by atoms with Crippen molar-refractivity contribution in [1.82, 2.24) is 25.5 Å². The average Bonchev–Trinajstić information content (AvgIpc) is 2.85. The van der Waals surface area contributed by atoms with Crippen LogP contribution in [0.15, 0.2) is 0 Å². The molecule has 0 bridgehead atoms. The van der Waals surface area contributed by atoms with Gasteiger partial charge in [-0.1, -0.05) is 33.6 Å². The number of hydrogen-bond donors (Lipinski definition) is 1. The Morgan fingerprint density at radius 1 is 1.32 bits per heavy atom. The van der Waals surface area contributed by atoms with Gasteiger partial charge in [0.25, 0.3) is 0 Å². The molecule has 1 aromatic heterocycles. The quantitative estimate of drug-likeness (QED) is 0.889. The van der Waals surface area contributed by atoms with Crippen LogP contribution in [-0.2, 0) is 0 Å². The smallest absolute Gasteiger partial charge is 0.168 e. The predicted molar refractivity (Wildman–Crippen MR) is 75.7 cm³/mol. The van der Waals surface area contributed by atoms with Crippen molar-refractivity contribution in [2.45, 2.75) is 65.5 Å². The summed E-state index contributed by atoms with van der Waals surface area (Å²) in [6.07, 6.45) is 5.04. The van der Waals surface area contributed by atoms with Gasteiger partial charge in [-0.15, -0.1) is 5.10 Å². The topological polar surface area (TPSA) is 55.6 Å². The molecule has 1 aliphatic rings. The van der Waals surface area contributed by atoms with E-state index in [9.17, 15) is 0 Å². The summed E-state index contributed by atoms with van der Waals surface area (Å²) in [6.45, 7) is 9.90. The van der Waals surface area contributed by atoms with Crippen molar-refractivity contribution >= 4 is 0 Å². The van der Waals surface area contributed by atoms with Crippen molar-refractivity contribution in [1.29, 1.82) is 0 Å². The summed E-state index contributed by atoms with van der Waals surface area (Å²) in [4.78, 5) is 0. The normalized spacial score (nSPS) is 25.7. The molecular formula is C14H27N5. The molecule has 1 heterocycles. The van der Waals surface area contributed by atoms with Gasteiger partial charge < -0.3 is 5.32 Å². The Kier molecular flexibility index (Phi) is 4.91. The fourth-order valence-electron chi connectivity index (χ4n) is 2.87. The van der Waals surface area contributed by atoms with Crippen molar-refractivity contribution < 1.29 is 0 Å². The zero-order chi connectivity index (χ0) is 13.8. The van der Waals surface area contributed by atoms with Crippen molar-refractivity contribution in [2.75, 3.05) is 6.54 Å². The van der Waals surface area contributed by atoms with Crippen LogP contribution in [0.25, 0.3) is 0 Å². The van der Waals surface area contributed by atoms with E-state index >= 15 is 0 Å². The fraction of sp³-hybridized carbons (Fsp3) is 0.929. The maximum Gasteiger partial charge on any atom is 0.168 e. The first kappa shape index (κ1) is 14.4. The Morgan fingerprint density at radius 2 is 2.11 bits per heavy atom. The molecule has 0 radical (unpaired) electrons. The molecule has 0 spiro atoms. The molecule has 3 unspecified atom stereocenters. The standard InChI is InChI=1S/C14H27N5/c1-10(2)9-15-12(4)14-16-17-18-19(14)13-7-5-6-11(3)8-13/h10-13,15H,5-9H2,1-4H3. The molecule has 0 aliphatic heterocycles. The highest BCUT2D eigenvalue weighted by Crippen LogP contribution is 2.32. The number of rotatable bonds is 5. The minimum absolute atomic E-state index is 0.217. The number of nitrogens with one attached hydrogen (secondary N) is 1. The molecular weight excluding hydrogens is 238 g/mol. The summed E-state index contributed by atoms with van der Waals surface area (Å²) in [5.74, 6) is 2.41. The highest BCUT2D eigenvalue weighted by Gasteiger charge is 2.25. The fourth-order valence-corrected chi connectivity index (χ4v) is 2.87. The summed E-state index contributed by atoms with van der Waals surface area (Å²) in [5.41, 5.74) is 0. The monoisotopic (exact) mass is 265 g/mol. The van der Waals surface area contributed by atoms with Crippen LogP contribution in [-0.4, -0.2) is 26.8 Å². The molecule has 5 nitrogen and oxygen atoms in total. The third kappa shape index (κ3) is 3.75. The van der Waals surface area contributed by atoms with E-state index in [2.05, 4.69) is 53.2 Å². The molecule has 1 N–H and O–H groups in total. The van der Waals surface area contributed by atoms with E-state index in [4.69, 9.17) is 0 Å². The highest BCUT2D eigenvalue weighted by molar-refractivity contribution is 4.93. The van der Waals surface area contributed by atoms with E-state index < -0.39 is 0 Å². The van der Waals surface area contributed by atoms with Gasteiger partial charge in [0.05, 0.1) is 12.1 Å². The minimum Gasteiger partial charge on any atom is -0.307 e. The zero-order valence-corrected chi connectivity index (χ0v) is 12.6. The number of tetrazole rings is 1. The van der Waals surface area contributed by atoms with Crippen LogP contribution in [0.1, 0.15) is 71.3 Å². The lowest BCUT2D eigenvalue weighted by Crippen LogP contribution is -2.28. The molecule has 3 atom stereocenters. The van der Waals surface area contributed by atoms with Gasteiger partial charge in [0.15, 0.2) is 5.82 Å². The molecule has 1 fully saturated rings. The van der Waals surface area contributed by atoms with Crippen molar-refractivity contribution in [3.8, 4) is 0 Å². The first-order valence-electron chi connectivity index (χ1n) is 7.59. The number of hydrogen-bond acceptors (Lipinski definition) is 4. The van der Waals surface area contributed by atoms with Gasteiger partial charge in [0.2, 0.25) is 0 Å². The minimum atomic E-state index is 0.217. The van der Waals surface area contributed by atoms with Crippen LogP contribution in [0.2, 0.25) is 0 Å². The zero-order valence-electron chi connectivity index (χ0n) is 12.6. The van der Waals surface area contributed by atoms with E-state index in [1.165, 1.54) is 25.7 Å². The Bertz CT molecular complexity index is 387. The second kappa shape index (κ2) is 6.46. The summed E-state index contributed by atoms with van der Waals surface area (Å²) < 4.78 is 2.06. The Labute approximate surface area is 116 Å². The Balaban J connectivity index is 2.04. The van der Waals surface area contributed by atoms with Crippen LogP contribution < -0.4 is 5.32 Å². The molecule has 0 amide bonds. The largest absolute Gasteiger partial charge is 0.307 e. The average molecular weight is 265 g/mol. The van der Waals surface area contributed by atoms with Gasteiger partial charge in [0.1, 0.15) is 0 Å². The summed E-state index contributed by atoms with van der Waals surface area (Å²) in [5, 5.41) is 15.9. The molecule has 1 aliphatic carbocycles. The van der Waals surface area contributed by atoms with Crippen LogP contribution >= 0.6 is 0 Å². The number of aromatic nitrogens is 4. The molecule has 0 aromatic carbocycles. The third-order valence-electron chi connectivity index (χ3n) is 3.99. The van der Waals surface area contributed by atoms with Crippen LogP contribution in [0.3, 0.4) is 0 Å².